The zero-order valence-electron chi connectivity index (χ0n) is 26.0. The summed E-state index contributed by atoms with van der Waals surface area (Å²) in [6, 6.07) is 13.5. The molecular weight excluding hydrogens is 617 g/mol. The zero-order chi connectivity index (χ0) is 33.4. The first-order valence-corrected chi connectivity index (χ1v) is 15.9. The van der Waals surface area contributed by atoms with Crippen LogP contribution in [0.15, 0.2) is 94.2 Å². The number of nitrogens with zero attached hydrogens (tertiary/aromatic N) is 3. The Morgan fingerprint density at radius 1 is 1.10 bits per heavy atom. The van der Waals surface area contributed by atoms with E-state index in [4.69, 9.17) is 9.47 Å². The SMILES string of the molecule is CC[C@@]1(O)C(=C=O)OCC2=C1C=C1C3=C(CN1C2=C=O)N([C@@H]1CN(C(=O)OCc2ccccc2)CC12CC2)c1ccc(F)cc1C3=C=O. The van der Waals surface area contributed by atoms with E-state index in [0.29, 0.717) is 46.9 Å². The Morgan fingerprint density at radius 3 is 2.58 bits per heavy atom. The number of anilines is 1. The number of hydrogen-bond donors (Lipinski definition) is 1. The summed E-state index contributed by atoms with van der Waals surface area (Å²) >= 11 is 0. The Morgan fingerprint density at radius 2 is 1.90 bits per heavy atom. The predicted molar refractivity (Wildman–Crippen MR) is 170 cm³/mol. The monoisotopic (exact) mass is 647 g/mol. The van der Waals surface area contributed by atoms with E-state index in [1.165, 1.54) is 12.1 Å². The Hall–Kier alpha value is -5.43. The molecule has 11 heteroatoms. The van der Waals surface area contributed by atoms with Gasteiger partial charge in [0.15, 0.2) is 17.5 Å². The fourth-order valence-electron chi connectivity index (χ4n) is 7.98. The fourth-order valence-corrected chi connectivity index (χ4v) is 7.98. The number of aliphatic hydroxyl groups is 1. The largest absolute Gasteiger partial charge is 0.479 e. The molecule has 2 aromatic rings. The van der Waals surface area contributed by atoms with Gasteiger partial charge in [-0.2, -0.15) is 0 Å². The highest BCUT2D eigenvalue weighted by molar-refractivity contribution is 6.06. The lowest BCUT2D eigenvalue weighted by molar-refractivity contribution is 0.0311. The van der Waals surface area contributed by atoms with Gasteiger partial charge in [-0.3, -0.25) is 0 Å². The third kappa shape index (κ3) is 4.23. The van der Waals surface area contributed by atoms with Gasteiger partial charge in [-0.05, 0) is 49.1 Å². The number of allylic oxidation sites excluding steroid dienone is 1. The number of ether oxygens (including phenoxy) is 2. The number of rotatable bonds is 4. The van der Waals surface area contributed by atoms with E-state index >= 15 is 0 Å². The van der Waals surface area contributed by atoms with Crippen LogP contribution in [-0.4, -0.2) is 76.7 Å². The van der Waals surface area contributed by atoms with Gasteiger partial charge in [0, 0.05) is 46.5 Å². The Balaban J connectivity index is 1.24. The van der Waals surface area contributed by atoms with Gasteiger partial charge in [0.05, 0.1) is 29.5 Å². The molecule has 1 amide bonds. The first kappa shape index (κ1) is 29.9. The molecule has 10 nitrogen and oxygen atoms in total. The third-order valence-corrected chi connectivity index (χ3v) is 10.6. The van der Waals surface area contributed by atoms with Crippen LogP contribution >= 0.6 is 0 Å². The maximum absolute atomic E-state index is 14.9. The number of benzene rings is 2. The van der Waals surface area contributed by atoms with E-state index in [9.17, 15) is 28.7 Å². The molecule has 2 aromatic carbocycles. The topological polar surface area (TPSA) is 117 Å². The molecule has 1 spiro atoms. The van der Waals surface area contributed by atoms with Crippen LogP contribution in [0.25, 0.3) is 5.57 Å². The molecule has 6 aliphatic rings. The molecule has 242 valence electrons. The molecule has 0 aromatic heterocycles. The van der Waals surface area contributed by atoms with E-state index in [2.05, 4.69) is 4.90 Å². The number of carbonyl (C=O) groups is 1. The van der Waals surface area contributed by atoms with E-state index in [1.807, 2.05) is 42.2 Å². The van der Waals surface area contributed by atoms with Gasteiger partial charge in [-0.1, -0.05) is 37.3 Å². The lowest BCUT2D eigenvalue weighted by Gasteiger charge is -2.40. The molecule has 48 heavy (non-hydrogen) atoms. The second kappa shape index (κ2) is 10.8. The first-order valence-electron chi connectivity index (χ1n) is 15.9. The molecule has 2 fully saturated rings. The first-order chi connectivity index (χ1) is 23.3. The normalized spacial score (nSPS) is 24.6. The van der Waals surface area contributed by atoms with E-state index in [0.717, 1.165) is 18.4 Å². The van der Waals surface area contributed by atoms with E-state index < -0.39 is 17.5 Å². The molecule has 1 N–H and O–H groups in total. The number of likely N-dealkylation sites (tertiary alicyclic amines) is 1. The van der Waals surface area contributed by atoms with E-state index in [1.54, 1.807) is 34.8 Å². The molecule has 1 aliphatic carbocycles. The number of hydrogen-bond acceptors (Lipinski definition) is 9. The maximum atomic E-state index is 14.9. The minimum absolute atomic E-state index is 0.0512. The highest BCUT2D eigenvalue weighted by Gasteiger charge is 2.60. The Bertz CT molecular complexity index is 2040. The Labute approximate surface area is 275 Å². The van der Waals surface area contributed by atoms with Crippen molar-refractivity contribution >= 4 is 35.2 Å². The number of halogens is 1. The second-order valence-corrected chi connectivity index (χ2v) is 13.0. The van der Waals surface area contributed by atoms with Crippen molar-refractivity contribution in [1.82, 2.24) is 9.80 Å². The number of carbonyl (C=O) groups excluding carboxylic acids is 4. The van der Waals surface area contributed by atoms with Crippen molar-refractivity contribution in [1.29, 1.82) is 0 Å². The molecular formula is C37H30FN3O7. The molecule has 2 atom stereocenters. The van der Waals surface area contributed by atoms with Gasteiger partial charge >= 0.3 is 6.09 Å². The fraction of sp³-hybridized carbons (Fsp3) is 0.324. The lowest BCUT2D eigenvalue weighted by atomic mass is 9.79. The van der Waals surface area contributed by atoms with Crippen LogP contribution in [0.2, 0.25) is 0 Å². The summed E-state index contributed by atoms with van der Waals surface area (Å²) in [6.07, 6.45) is 3.00. The average Bonchev–Trinajstić information content (AvgIpc) is 3.65. The Kier molecular flexibility index (Phi) is 6.74. The molecule has 0 radical (unpaired) electrons. The van der Waals surface area contributed by atoms with Crippen molar-refractivity contribution < 1.29 is 38.1 Å². The minimum Gasteiger partial charge on any atom is -0.479 e. The molecule has 5 aliphatic heterocycles. The number of fused-ring (bicyclic) bond motifs is 3. The standard InChI is InChI=1S/C37H30FN3O7/c1-2-37(46)27-13-29-34-25(16-42)24-12-23(38)8-9-28(24)41(30(34)14-40(29)31(17-43)26(27)20-47-33(37)18-44)32-15-39(21-36(32)10-11-36)35(45)48-19-22-6-4-3-5-7-22/h3-9,12-13,32,46H,2,10-11,14-15,19-21H2,1H3/t32-,37+/m1/s1. The van der Waals surface area contributed by atoms with Crippen LogP contribution < -0.4 is 4.90 Å². The van der Waals surface area contributed by atoms with Crippen LogP contribution in [0.5, 0.6) is 0 Å². The average molecular weight is 648 g/mol. The highest BCUT2D eigenvalue weighted by Crippen LogP contribution is 2.59. The van der Waals surface area contributed by atoms with Gasteiger partial charge in [0.2, 0.25) is 5.76 Å². The maximum Gasteiger partial charge on any atom is 0.410 e. The summed E-state index contributed by atoms with van der Waals surface area (Å²) < 4.78 is 26.2. The van der Waals surface area contributed by atoms with E-state index in [-0.39, 0.29) is 60.2 Å². The second-order valence-electron chi connectivity index (χ2n) is 13.0. The molecule has 1 saturated carbocycles. The van der Waals surface area contributed by atoms with Crippen molar-refractivity contribution in [3.05, 3.63) is 111 Å². The van der Waals surface area contributed by atoms with Crippen molar-refractivity contribution in [2.45, 2.75) is 44.4 Å². The van der Waals surface area contributed by atoms with Crippen LogP contribution in [0, 0.1) is 11.2 Å². The molecule has 1 saturated heterocycles. The van der Waals surface area contributed by atoms with Gasteiger partial charge in [0.25, 0.3) is 0 Å². The summed E-state index contributed by atoms with van der Waals surface area (Å²) in [4.78, 5) is 56.1. The molecule has 0 unspecified atom stereocenters. The number of amides is 1. The molecule has 0 bridgehead atoms. The van der Waals surface area contributed by atoms with Crippen LogP contribution in [-0.2, 0) is 30.5 Å². The summed E-state index contributed by atoms with van der Waals surface area (Å²) in [5, 5.41) is 11.7. The highest BCUT2D eigenvalue weighted by atomic mass is 19.1. The van der Waals surface area contributed by atoms with Gasteiger partial charge in [-0.15, -0.1) is 0 Å². The summed E-state index contributed by atoms with van der Waals surface area (Å²) in [5.41, 5.74) is 2.06. The molecule has 8 rings (SSSR count). The summed E-state index contributed by atoms with van der Waals surface area (Å²) in [7, 11) is 0. The van der Waals surface area contributed by atoms with Gasteiger partial charge in [-0.25, -0.2) is 23.6 Å². The van der Waals surface area contributed by atoms with Gasteiger partial charge in [0.1, 0.15) is 30.7 Å². The zero-order valence-corrected chi connectivity index (χ0v) is 26.0. The van der Waals surface area contributed by atoms with Crippen LogP contribution in [0.3, 0.4) is 0 Å². The van der Waals surface area contributed by atoms with Crippen molar-refractivity contribution in [2.75, 3.05) is 31.1 Å². The smallest absolute Gasteiger partial charge is 0.410 e. The quantitative estimate of drug-likeness (QED) is 0.491. The third-order valence-electron chi connectivity index (χ3n) is 10.6. The summed E-state index contributed by atoms with van der Waals surface area (Å²) in [5.74, 6) is 4.92. The van der Waals surface area contributed by atoms with Crippen molar-refractivity contribution in [2.24, 2.45) is 5.41 Å². The van der Waals surface area contributed by atoms with Crippen molar-refractivity contribution in [3.8, 4) is 0 Å². The van der Waals surface area contributed by atoms with Crippen molar-refractivity contribution in [3.63, 3.8) is 0 Å². The van der Waals surface area contributed by atoms with Gasteiger partial charge < -0.3 is 29.3 Å². The van der Waals surface area contributed by atoms with Crippen LogP contribution in [0.1, 0.15) is 37.3 Å². The van der Waals surface area contributed by atoms with Crippen LogP contribution in [0.4, 0.5) is 14.9 Å². The molecule has 5 heterocycles. The minimum atomic E-state index is -1.87. The predicted octanol–water partition coefficient (Wildman–Crippen LogP) is 4.03. The lowest BCUT2D eigenvalue weighted by Crippen LogP contribution is -2.45. The summed E-state index contributed by atoms with van der Waals surface area (Å²) in [6.45, 7) is 2.60.